The van der Waals surface area contributed by atoms with Gasteiger partial charge in [-0.05, 0) is 55.2 Å². The third-order valence-electron chi connectivity index (χ3n) is 4.96. The van der Waals surface area contributed by atoms with Crippen LogP contribution in [-0.2, 0) is 19.3 Å². The number of hydrogen-bond acceptors (Lipinski definition) is 1. The highest BCUT2D eigenvalue weighted by molar-refractivity contribution is 5.64. The molecule has 0 spiro atoms. The standard InChI is InChI=1S/C19H29N/c1-2-3-4-5-6-9-16-14-17-10-7-12-20-13-8-11-18(15-16)19(17)20/h14-15H,2-13H2,1H3. The number of hydrogen-bond donors (Lipinski definition) is 0. The van der Waals surface area contributed by atoms with Crippen molar-refractivity contribution >= 4 is 5.69 Å². The van der Waals surface area contributed by atoms with E-state index in [1.54, 1.807) is 22.4 Å². The van der Waals surface area contributed by atoms with Crippen LogP contribution in [0.15, 0.2) is 12.1 Å². The van der Waals surface area contributed by atoms with E-state index in [0.717, 1.165) is 0 Å². The molecule has 110 valence electrons. The summed E-state index contributed by atoms with van der Waals surface area (Å²) >= 11 is 0. The first-order chi connectivity index (χ1) is 9.88. The van der Waals surface area contributed by atoms with Crippen LogP contribution in [0.4, 0.5) is 5.69 Å². The number of benzene rings is 1. The lowest BCUT2D eigenvalue weighted by atomic mass is 9.89. The minimum atomic E-state index is 1.29. The zero-order valence-corrected chi connectivity index (χ0v) is 13.1. The van der Waals surface area contributed by atoms with E-state index in [2.05, 4.69) is 24.0 Å². The first-order valence-electron chi connectivity index (χ1n) is 8.78. The highest BCUT2D eigenvalue weighted by Gasteiger charge is 2.23. The predicted molar refractivity (Wildman–Crippen MR) is 87.8 cm³/mol. The molecule has 2 heterocycles. The lowest BCUT2D eigenvalue weighted by molar-refractivity contribution is 0.623. The van der Waals surface area contributed by atoms with Gasteiger partial charge in [0.2, 0.25) is 0 Å². The van der Waals surface area contributed by atoms with Crippen molar-refractivity contribution in [3.8, 4) is 0 Å². The third kappa shape index (κ3) is 3.02. The summed E-state index contributed by atoms with van der Waals surface area (Å²) in [6.45, 7) is 4.87. The van der Waals surface area contributed by atoms with Gasteiger partial charge in [0, 0.05) is 18.8 Å². The second-order valence-electron chi connectivity index (χ2n) is 6.62. The lowest BCUT2D eigenvalue weighted by Gasteiger charge is -2.37. The van der Waals surface area contributed by atoms with Gasteiger partial charge in [-0.3, -0.25) is 0 Å². The van der Waals surface area contributed by atoms with Crippen LogP contribution in [0.5, 0.6) is 0 Å². The average molecular weight is 271 g/mol. The van der Waals surface area contributed by atoms with E-state index in [9.17, 15) is 0 Å². The van der Waals surface area contributed by atoms with Crippen LogP contribution < -0.4 is 4.90 Å². The van der Waals surface area contributed by atoms with Crippen LogP contribution in [0, 0.1) is 0 Å². The molecule has 0 unspecified atom stereocenters. The Kier molecular flexibility index (Phi) is 4.65. The van der Waals surface area contributed by atoms with Crippen LogP contribution in [0.3, 0.4) is 0 Å². The second-order valence-corrected chi connectivity index (χ2v) is 6.62. The van der Waals surface area contributed by atoms with Crippen LogP contribution in [0.25, 0.3) is 0 Å². The molecule has 0 N–H and O–H groups in total. The molecule has 0 bridgehead atoms. The topological polar surface area (TPSA) is 3.24 Å². The number of aryl methyl sites for hydroxylation is 3. The number of nitrogens with zero attached hydrogens (tertiary/aromatic N) is 1. The normalized spacial score (nSPS) is 17.1. The van der Waals surface area contributed by atoms with Gasteiger partial charge in [0.25, 0.3) is 0 Å². The Labute approximate surface area is 124 Å². The highest BCUT2D eigenvalue weighted by Crippen LogP contribution is 2.36. The van der Waals surface area contributed by atoms with Crippen LogP contribution in [0.2, 0.25) is 0 Å². The minimum Gasteiger partial charge on any atom is -0.371 e. The molecular formula is C19H29N. The van der Waals surface area contributed by atoms with Crippen molar-refractivity contribution in [3.63, 3.8) is 0 Å². The van der Waals surface area contributed by atoms with Crippen LogP contribution >= 0.6 is 0 Å². The minimum absolute atomic E-state index is 1.29. The third-order valence-corrected chi connectivity index (χ3v) is 4.96. The first-order valence-corrected chi connectivity index (χ1v) is 8.78. The molecule has 20 heavy (non-hydrogen) atoms. The Morgan fingerprint density at radius 3 is 2.20 bits per heavy atom. The molecule has 0 aromatic heterocycles. The van der Waals surface area contributed by atoms with Crippen molar-refractivity contribution in [2.24, 2.45) is 0 Å². The van der Waals surface area contributed by atoms with E-state index in [0.29, 0.717) is 0 Å². The van der Waals surface area contributed by atoms with Crippen molar-refractivity contribution in [2.45, 2.75) is 71.1 Å². The largest absolute Gasteiger partial charge is 0.371 e. The molecule has 0 atom stereocenters. The summed E-state index contributed by atoms with van der Waals surface area (Å²) in [6.07, 6.45) is 13.6. The predicted octanol–water partition coefficient (Wildman–Crippen LogP) is 4.90. The molecule has 1 aromatic rings. The fourth-order valence-corrected chi connectivity index (χ4v) is 3.95. The number of anilines is 1. The quantitative estimate of drug-likeness (QED) is 0.665. The highest BCUT2D eigenvalue weighted by atomic mass is 15.1. The Morgan fingerprint density at radius 2 is 1.55 bits per heavy atom. The van der Waals surface area contributed by atoms with Gasteiger partial charge in [-0.25, -0.2) is 0 Å². The molecular weight excluding hydrogens is 242 g/mol. The van der Waals surface area contributed by atoms with Gasteiger partial charge in [-0.1, -0.05) is 44.7 Å². The Morgan fingerprint density at radius 1 is 0.900 bits per heavy atom. The van der Waals surface area contributed by atoms with Gasteiger partial charge < -0.3 is 4.90 Å². The monoisotopic (exact) mass is 271 g/mol. The molecule has 1 aromatic carbocycles. The molecule has 3 rings (SSSR count). The molecule has 0 saturated heterocycles. The first kappa shape index (κ1) is 14.0. The SMILES string of the molecule is CCCCCCCc1cc2c3c(c1)CCCN3CCC2. The maximum absolute atomic E-state index is 2.64. The van der Waals surface area contributed by atoms with Gasteiger partial charge in [-0.15, -0.1) is 0 Å². The van der Waals surface area contributed by atoms with E-state index in [1.165, 1.54) is 77.3 Å². The Bertz CT molecular complexity index is 418. The maximum Gasteiger partial charge on any atom is 0.0431 e. The zero-order valence-electron chi connectivity index (χ0n) is 13.1. The van der Waals surface area contributed by atoms with Crippen LogP contribution in [0.1, 0.15) is 68.6 Å². The maximum atomic E-state index is 2.64. The molecule has 0 aliphatic carbocycles. The van der Waals surface area contributed by atoms with E-state index < -0.39 is 0 Å². The molecule has 1 heteroatoms. The molecule has 0 fully saturated rings. The van der Waals surface area contributed by atoms with Crippen molar-refractivity contribution in [1.29, 1.82) is 0 Å². The fourth-order valence-electron chi connectivity index (χ4n) is 3.95. The summed E-state index contributed by atoms with van der Waals surface area (Å²) in [5.41, 5.74) is 6.53. The Hall–Kier alpha value is -0.980. The summed E-state index contributed by atoms with van der Waals surface area (Å²) in [4.78, 5) is 2.64. The number of rotatable bonds is 6. The van der Waals surface area contributed by atoms with Gasteiger partial charge in [0.05, 0.1) is 0 Å². The second kappa shape index (κ2) is 6.65. The van der Waals surface area contributed by atoms with E-state index in [1.807, 2.05) is 0 Å². The van der Waals surface area contributed by atoms with Gasteiger partial charge >= 0.3 is 0 Å². The molecule has 2 aliphatic heterocycles. The van der Waals surface area contributed by atoms with Gasteiger partial charge in [-0.2, -0.15) is 0 Å². The molecule has 0 radical (unpaired) electrons. The van der Waals surface area contributed by atoms with E-state index in [4.69, 9.17) is 0 Å². The summed E-state index contributed by atoms with van der Waals surface area (Å²) in [6, 6.07) is 5.05. The zero-order chi connectivity index (χ0) is 13.8. The lowest BCUT2D eigenvalue weighted by Crippen LogP contribution is -2.34. The van der Waals surface area contributed by atoms with Gasteiger partial charge in [0.1, 0.15) is 0 Å². The summed E-state index contributed by atoms with van der Waals surface area (Å²) < 4.78 is 0. The van der Waals surface area contributed by atoms with Gasteiger partial charge in [0.15, 0.2) is 0 Å². The van der Waals surface area contributed by atoms with Crippen molar-refractivity contribution < 1.29 is 0 Å². The van der Waals surface area contributed by atoms with Crippen molar-refractivity contribution in [3.05, 3.63) is 28.8 Å². The summed E-state index contributed by atoms with van der Waals surface area (Å²) in [7, 11) is 0. The number of unbranched alkanes of at least 4 members (excludes halogenated alkanes) is 4. The van der Waals surface area contributed by atoms with Crippen molar-refractivity contribution in [2.75, 3.05) is 18.0 Å². The molecule has 0 saturated carbocycles. The van der Waals surface area contributed by atoms with Crippen molar-refractivity contribution in [1.82, 2.24) is 0 Å². The smallest absolute Gasteiger partial charge is 0.0431 e. The van der Waals surface area contributed by atoms with Crippen LogP contribution in [-0.4, -0.2) is 13.1 Å². The molecule has 1 nitrogen and oxygen atoms in total. The summed E-state index contributed by atoms with van der Waals surface area (Å²) in [5, 5.41) is 0. The Balaban J connectivity index is 1.67. The van der Waals surface area contributed by atoms with E-state index >= 15 is 0 Å². The summed E-state index contributed by atoms with van der Waals surface area (Å²) in [5.74, 6) is 0. The average Bonchev–Trinajstić information content (AvgIpc) is 2.48. The molecule has 2 aliphatic rings. The van der Waals surface area contributed by atoms with E-state index in [-0.39, 0.29) is 0 Å². The molecule has 0 amide bonds. The fraction of sp³-hybridized carbons (Fsp3) is 0.684.